The van der Waals surface area contributed by atoms with E-state index >= 15 is 0 Å². The standard InChI is InChI=1S/C74H128O6/c1-4-7-10-13-16-19-22-25-28-31-33-34-35-36-37-38-39-40-41-44-46-49-52-55-58-61-64-67-73(76)79-70-71(69-78-72(75)66-63-60-57-54-51-48-45-42-30-27-24-21-18-15-12-9-6-3)80-74(77)68-65-62-59-56-53-50-47-43-32-29-26-23-20-17-14-11-8-5-2/h7,10,16,18-19,21,25,27-28,30,33-34,36-37,39-40,71H,4-6,8-9,11-15,17,20,22-24,26,29,31-32,35,38,41-70H2,1-3H3/b10-7-,19-16-,21-18-,28-25-,30-27-,34-33-,37-36-,40-39-. The average Bonchev–Trinajstić information content (AvgIpc) is 3.46. The minimum atomic E-state index is -0.785. The second kappa shape index (κ2) is 67.8. The zero-order valence-electron chi connectivity index (χ0n) is 52.8. The van der Waals surface area contributed by atoms with Crippen LogP contribution in [0.1, 0.15) is 335 Å². The molecule has 0 saturated heterocycles. The Morgan fingerprint density at radius 3 is 0.787 bits per heavy atom. The summed E-state index contributed by atoms with van der Waals surface area (Å²) in [7, 11) is 0. The largest absolute Gasteiger partial charge is 0.462 e. The van der Waals surface area contributed by atoms with Gasteiger partial charge in [0.2, 0.25) is 0 Å². The van der Waals surface area contributed by atoms with Crippen molar-refractivity contribution >= 4 is 17.9 Å². The normalized spacial score (nSPS) is 12.7. The van der Waals surface area contributed by atoms with Crippen molar-refractivity contribution in [3.63, 3.8) is 0 Å². The topological polar surface area (TPSA) is 78.9 Å². The van der Waals surface area contributed by atoms with Crippen LogP contribution in [0.5, 0.6) is 0 Å². The fraction of sp³-hybridized carbons (Fsp3) is 0.743. The molecule has 6 nitrogen and oxygen atoms in total. The van der Waals surface area contributed by atoms with Crippen LogP contribution in [0.2, 0.25) is 0 Å². The van der Waals surface area contributed by atoms with Crippen LogP contribution in [0.4, 0.5) is 0 Å². The van der Waals surface area contributed by atoms with Gasteiger partial charge in [-0.15, -0.1) is 0 Å². The van der Waals surface area contributed by atoms with Crippen LogP contribution in [0.25, 0.3) is 0 Å². The molecular weight excluding hydrogens is 985 g/mol. The number of carbonyl (C=O) groups is 3. The van der Waals surface area contributed by atoms with Gasteiger partial charge in [0, 0.05) is 19.3 Å². The van der Waals surface area contributed by atoms with Gasteiger partial charge in [0.05, 0.1) is 0 Å². The van der Waals surface area contributed by atoms with E-state index in [1.54, 1.807) is 0 Å². The van der Waals surface area contributed by atoms with Gasteiger partial charge in [0.15, 0.2) is 6.10 Å². The summed E-state index contributed by atoms with van der Waals surface area (Å²) in [5.41, 5.74) is 0. The molecule has 0 aliphatic heterocycles. The summed E-state index contributed by atoms with van der Waals surface area (Å²) < 4.78 is 17.0. The van der Waals surface area contributed by atoms with Crippen LogP contribution in [0.3, 0.4) is 0 Å². The molecule has 0 heterocycles. The fourth-order valence-electron chi connectivity index (χ4n) is 9.71. The van der Waals surface area contributed by atoms with Gasteiger partial charge in [-0.05, 0) is 103 Å². The number of hydrogen-bond donors (Lipinski definition) is 0. The van der Waals surface area contributed by atoms with E-state index in [9.17, 15) is 14.4 Å². The number of unbranched alkanes of at least 4 members (excludes halogenated alkanes) is 35. The minimum absolute atomic E-state index is 0.0813. The molecule has 6 heteroatoms. The van der Waals surface area contributed by atoms with Crippen molar-refractivity contribution in [1.29, 1.82) is 0 Å². The lowest BCUT2D eigenvalue weighted by Gasteiger charge is -2.18. The Morgan fingerprint density at radius 2 is 0.487 bits per heavy atom. The number of allylic oxidation sites excluding steroid dienone is 16. The molecule has 0 rings (SSSR count). The molecule has 0 amide bonds. The van der Waals surface area contributed by atoms with Gasteiger partial charge in [0.1, 0.15) is 13.2 Å². The molecule has 0 N–H and O–H groups in total. The number of esters is 3. The molecule has 0 bridgehead atoms. The van der Waals surface area contributed by atoms with Gasteiger partial charge in [0.25, 0.3) is 0 Å². The molecule has 0 radical (unpaired) electrons. The van der Waals surface area contributed by atoms with E-state index in [0.717, 1.165) is 116 Å². The molecule has 0 aliphatic carbocycles. The minimum Gasteiger partial charge on any atom is -0.462 e. The number of ether oxygens (including phenoxy) is 3. The maximum Gasteiger partial charge on any atom is 0.306 e. The summed E-state index contributed by atoms with van der Waals surface area (Å²) in [6, 6.07) is 0. The van der Waals surface area contributed by atoms with E-state index in [4.69, 9.17) is 14.2 Å². The van der Waals surface area contributed by atoms with E-state index in [0.29, 0.717) is 19.3 Å². The Hall–Kier alpha value is -3.67. The highest BCUT2D eigenvalue weighted by atomic mass is 16.6. The third kappa shape index (κ3) is 65.1. The molecular formula is C74H128O6. The van der Waals surface area contributed by atoms with Crippen LogP contribution >= 0.6 is 0 Å². The predicted octanol–water partition coefficient (Wildman–Crippen LogP) is 23.6. The van der Waals surface area contributed by atoms with E-state index in [-0.39, 0.29) is 31.1 Å². The number of rotatable bonds is 62. The van der Waals surface area contributed by atoms with Gasteiger partial charge < -0.3 is 14.2 Å². The first-order valence-electron chi connectivity index (χ1n) is 34.2. The van der Waals surface area contributed by atoms with E-state index in [1.165, 1.54) is 180 Å². The molecule has 0 aromatic heterocycles. The maximum atomic E-state index is 12.9. The highest BCUT2D eigenvalue weighted by Crippen LogP contribution is 2.17. The average molecular weight is 1110 g/mol. The third-order valence-electron chi connectivity index (χ3n) is 14.8. The maximum absolute atomic E-state index is 12.9. The zero-order valence-corrected chi connectivity index (χ0v) is 52.8. The van der Waals surface area contributed by atoms with Crippen molar-refractivity contribution in [1.82, 2.24) is 0 Å². The molecule has 0 aromatic carbocycles. The molecule has 0 saturated carbocycles. The third-order valence-corrected chi connectivity index (χ3v) is 14.8. The Labute approximate surface area is 496 Å². The highest BCUT2D eigenvalue weighted by molar-refractivity contribution is 5.71. The summed E-state index contributed by atoms with van der Waals surface area (Å²) in [6.07, 6.45) is 91.3. The molecule has 1 atom stereocenters. The Balaban J connectivity index is 4.36. The number of carbonyl (C=O) groups excluding carboxylic acids is 3. The van der Waals surface area contributed by atoms with Gasteiger partial charge in [-0.2, -0.15) is 0 Å². The molecule has 0 spiro atoms. The van der Waals surface area contributed by atoms with Crippen LogP contribution in [0, 0.1) is 0 Å². The first-order valence-corrected chi connectivity index (χ1v) is 34.2. The van der Waals surface area contributed by atoms with Crippen molar-refractivity contribution in [3.8, 4) is 0 Å². The lowest BCUT2D eigenvalue weighted by molar-refractivity contribution is -0.167. The van der Waals surface area contributed by atoms with Crippen molar-refractivity contribution in [3.05, 3.63) is 97.2 Å². The van der Waals surface area contributed by atoms with Crippen LogP contribution < -0.4 is 0 Å². The molecule has 460 valence electrons. The molecule has 1 unspecified atom stereocenters. The summed E-state index contributed by atoms with van der Waals surface area (Å²) in [4.78, 5) is 38.4. The van der Waals surface area contributed by atoms with Crippen molar-refractivity contribution in [2.45, 2.75) is 341 Å². The monoisotopic (exact) mass is 1110 g/mol. The van der Waals surface area contributed by atoms with Gasteiger partial charge in [-0.3, -0.25) is 14.4 Å². The molecule has 80 heavy (non-hydrogen) atoms. The highest BCUT2D eigenvalue weighted by Gasteiger charge is 2.19. The summed E-state index contributed by atoms with van der Waals surface area (Å²) in [5, 5.41) is 0. The quantitative estimate of drug-likeness (QED) is 0.0261. The van der Waals surface area contributed by atoms with Crippen LogP contribution in [0.15, 0.2) is 97.2 Å². The fourth-order valence-corrected chi connectivity index (χ4v) is 9.71. The van der Waals surface area contributed by atoms with Gasteiger partial charge in [-0.1, -0.05) is 311 Å². The van der Waals surface area contributed by atoms with Crippen LogP contribution in [-0.2, 0) is 28.6 Å². The molecule has 0 aromatic rings. The first kappa shape index (κ1) is 76.3. The second-order valence-corrected chi connectivity index (χ2v) is 22.7. The van der Waals surface area contributed by atoms with Crippen molar-refractivity contribution in [2.24, 2.45) is 0 Å². The zero-order chi connectivity index (χ0) is 57.8. The summed E-state index contributed by atoms with van der Waals surface area (Å²) in [6.45, 7) is 6.53. The first-order chi connectivity index (χ1) is 39.5. The van der Waals surface area contributed by atoms with Gasteiger partial charge >= 0.3 is 17.9 Å². The molecule has 0 fully saturated rings. The van der Waals surface area contributed by atoms with Crippen molar-refractivity contribution < 1.29 is 28.6 Å². The Kier molecular flexibility index (Phi) is 64.7. The van der Waals surface area contributed by atoms with E-state index in [1.807, 2.05) is 0 Å². The predicted molar refractivity (Wildman–Crippen MR) is 348 cm³/mol. The lowest BCUT2D eigenvalue weighted by Crippen LogP contribution is -2.30. The molecule has 0 aliphatic rings. The lowest BCUT2D eigenvalue weighted by atomic mass is 10.0. The summed E-state index contributed by atoms with van der Waals surface area (Å²) >= 11 is 0. The SMILES string of the molecule is CC/C=C\C/C=C\C/C=C\C/C=C\C/C=C\C/C=C\CCCCCCCCCCC(=O)OCC(COC(=O)CCCCCCCCC/C=C\C/C=C\CCCCC)OC(=O)CCCCCCCCCCCCCCCCCCCC. The van der Waals surface area contributed by atoms with Crippen molar-refractivity contribution in [2.75, 3.05) is 13.2 Å². The Bertz CT molecular complexity index is 1560. The van der Waals surface area contributed by atoms with E-state index in [2.05, 4.69) is 118 Å². The summed E-state index contributed by atoms with van der Waals surface area (Å²) in [5.74, 6) is -0.880. The van der Waals surface area contributed by atoms with E-state index < -0.39 is 6.10 Å². The Morgan fingerprint density at radius 1 is 0.263 bits per heavy atom. The smallest absolute Gasteiger partial charge is 0.306 e. The second-order valence-electron chi connectivity index (χ2n) is 22.7. The van der Waals surface area contributed by atoms with Crippen LogP contribution in [-0.4, -0.2) is 37.2 Å². The van der Waals surface area contributed by atoms with Gasteiger partial charge in [-0.25, -0.2) is 0 Å². The number of hydrogen-bond acceptors (Lipinski definition) is 6.